The van der Waals surface area contributed by atoms with E-state index in [1.165, 1.54) is 18.9 Å². The molecule has 5 nitrogen and oxygen atoms in total. The number of carbonyl (C=O) groups is 2. The molecule has 0 aromatic heterocycles. The Morgan fingerprint density at radius 2 is 1.36 bits per heavy atom. The molecule has 0 N–H and O–H groups in total. The van der Waals surface area contributed by atoms with Crippen molar-refractivity contribution in [3.05, 3.63) is 133 Å². The summed E-state index contributed by atoms with van der Waals surface area (Å²) in [6.07, 6.45) is 10.4. The molecular formula is C44H47FO5. The Kier molecular flexibility index (Phi) is 15.3. The van der Waals surface area contributed by atoms with E-state index < -0.39 is 0 Å². The number of unbranched alkanes of at least 4 members (excludes halogenated alkanes) is 5. The number of methoxy groups -OCH3 is 1. The standard InChI is InChI=1S/C26H26O4.C18H21FO/c1-2-26(28)30-16-6-4-3-5-15-29-25-14-13-23-17-22(11-12-24(23)18-25)21-9-7-20(19-27)8-10-21;1-3-4-5-6-14-7-12-17(18(19)13-14)15-8-10-16(20-2)11-9-15/h2,7-14,17-19H,1,3-6,15-16H2;7-13H,3-6H2,1-2H3. The molecule has 0 spiro atoms. The smallest absolute Gasteiger partial charge is 0.330 e. The molecule has 5 aromatic rings. The summed E-state index contributed by atoms with van der Waals surface area (Å²) >= 11 is 0. The van der Waals surface area contributed by atoms with Crippen molar-refractivity contribution in [1.29, 1.82) is 0 Å². The Bertz CT molecular complexity index is 1810. The predicted molar refractivity (Wildman–Crippen MR) is 202 cm³/mol. The van der Waals surface area contributed by atoms with Crippen LogP contribution in [-0.4, -0.2) is 32.6 Å². The number of carbonyl (C=O) groups excluding carboxylic acids is 2. The fourth-order valence-corrected chi connectivity index (χ4v) is 5.52. The Morgan fingerprint density at radius 3 is 2.04 bits per heavy atom. The van der Waals surface area contributed by atoms with Crippen molar-refractivity contribution in [1.82, 2.24) is 0 Å². The summed E-state index contributed by atoms with van der Waals surface area (Å²) in [7, 11) is 1.63. The molecule has 50 heavy (non-hydrogen) atoms. The second-order valence-corrected chi connectivity index (χ2v) is 12.1. The average molecular weight is 675 g/mol. The molecule has 0 bridgehead atoms. The van der Waals surface area contributed by atoms with Crippen LogP contribution in [-0.2, 0) is 16.0 Å². The van der Waals surface area contributed by atoms with E-state index in [4.69, 9.17) is 14.2 Å². The second-order valence-electron chi connectivity index (χ2n) is 12.1. The van der Waals surface area contributed by atoms with Gasteiger partial charge in [-0.05, 0) is 108 Å². The topological polar surface area (TPSA) is 61.8 Å². The van der Waals surface area contributed by atoms with Gasteiger partial charge < -0.3 is 14.2 Å². The van der Waals surface area contributed by atoms with E-state index in [1.807, 2.05) is 66.7 Å². The van der Waals surface area contributed by atoms with Gasteiger partial charge in [-0.25, -0.2) is 9.18 Å². The van der Waals surface area contributed by atoms with Gasteiger partial charge in [0.1, 0.15) is 23.6 Å². The summed E-state index contributed by atoms with van der Waals surface area (Å²) in [6, 6.07) is 33.1. The maximum Gasteiger partial charge on any atom is 0.330 e. The Hall–Kier alpha value is -5.23. The lowest BCUT2D eigenvalue weighted by Gasteiger charge is -2.09. The van der Waals surface area contributed by atoms with Crippen LogP contribution in [0.25, 0.3) is 33.0 Å². The molecule has 0 atom stereocenters. The van der Waals surface area contributed by atoms with Crippen molar-refractivity contribution < 1.29 is 28.2 Å². The fraction of sp³-hybridized carbons (Fsp3) is 0.273. The number of rotatable bonds is 17. The third-order valence-electron chi connectivity index (χ3n) is 8.41. The van der Waals surface area contributed by atoms with Crippen molar-refractivity contribution in [3.8, 4) is 33.8 Å². The number of esters is 1. The molecular weight excluding hydrogens is 627 g/mol. The van der Waals surface area contributed by atoms with E-state index in [2.05, 4.69) is 43.8 Å². The SMILES string of the molecule is C=CC(=O)OCCCCCCOc1ccc2cc(-c3ccc(C=O)cc3)ccc2c1.CCCCCc1ccc(-c2ccc(OC)cc2)c(F)c1. The number of hydrogen-bond acceptors (Lipinski definition) is 5. The van der Waals surface area contributed by atoms with E-state index in [0.29, 0.717) is 24.3 Å². The van der Waals surface area contributed by atoms with Gasteiger partial charge >= 0.3 is 5.97 Å². The average Bonchev–Trinajstić information content (AvgIpc) is 3.16. The molecule has 260 valence electrons. The van der Waals surface area contributed by atoms with Gasteiger partial charge in [0.05, 0.1) is 20.3 Å². The zero-order valence-corrected chi connectivity index (χ0v) is 29.2. The summed E-state index contributed by atoms with van der Waals surface area (Å²) in [5.41, 5.74) is 5.48. The molecule has 0 heterocycles. The maximum absolute atomic E-state index is 14.2. The van der Waals surface area contributed by atoms with E-state index >= 15 is 0 Å². The van der Waals surface area contributed by atoms with Gasteiger partial charge in [0.15, 0.2) is 0 Å². The molecule has 0 aliphatic heterocycles. The van der Waals surface area contributed by atoms with Crippen LogP contribution in [0.4, 0.5) is 4.39 Å². The Balaban J connectivity index is 0.000000244. The minimum Gasteiger partial charge on any atom is -0.497 e. The number of aldehydes is 1. The maximum atomic E-state index is 14.2. The minimum atomic E-state index is -0.363. The van der Waals surface area contributed by atoms with E-state index in [-0.39, 0.29) is 11.8 Å². The number of ether oxygens (including phenoxy) is 3. The molecule has 0 saturated carbocycles. The van der Waals surface area contributed by atoms with Crippen molar-refractivity contribution in [3.63, 3.8) is 0 Å². The zero-order valence-electron chi connectivity index (χ0n) is 29.2. The van der Waals surface area contributed by atoms with Gasteiger partial charge in [0.25, 0.3) is 0 Å². The fourth-order valence-electron chi connectivity index (χ4n) is 5.52. The lowest BCUT2D eigenvalue weighted by Crippen LogP contribution is -2.02. The van der Waals surface area contributed by atoms with Crippen molar-refractivity contribution in [2.24, 2.45) is 0 Å². The molecule has 5 rings (SSSR count). The van der Waals surface area contributed by atoms with Crippen LogP contribution >= 0.6 is 0 Å². The number of fused-ring (bicyclic) bond motifs is 1. The highest BCUT2D eigenvalue weighted by Crippen LogP contribution is 2.28. The first-order chi connectivity index (χ1) is 24.4. The van der Waals surface area contributed by atoms with Crippen molar-refractivity contribution in [2.75, 3.05) is 20.3 Å². The predicted octanol–water partition coefficient (Wildman–Crippen LogP) is 11.2. The second kappa shape index (κ2) is 20.3. The number of halogens is 1. The van der Waals surface area contributed by atoms with E-state index in [9.17, 15) is 14.0 Å². The number of aryl methyl sites for hydroxylation is 1. The van der Waals surface area contributed by atoms with Gasteiger partial charge in [-0.2, -0.15) is 0 Å². The highest BCUT2D eigenvalue weighted by atomic mass is 19.1. The monoisotopic (exact) mass is 674 g/mol. The molecule has 0 radical (unpaired) electrons. The van der Waals surface area contributed by atoms with Crippen LogP contribution in [0.2, 0.25) is 0 Å². The van der Waals surface area contributed by atoms with Crippen LogP contribution in [0.3, 0.4) is 0 Å². The van der Waals surface area contributed by atoms with Crippen molar-refractivity contribution in [2.45, 2.75) is 58.3 Å². The third-order valence-corrected chi connectivity index (χ3v) is 8.41. The van der Waals surface area contributed by atoms with Gasteiger partial charge in [-0.3, -0.25) is 4.79 Å². The van der Waals surface area contributed by atoms with E-state index in [0.717, 1.165) is 89.3 Å². The van der Waals surface area contributed by atoms with Crippen LogP contribution in [0, 0.1) is 5.82 Å². The minimum absolute atomic E-state index is 0.149. The summed E-state index contributed by atoms with van der Waals surface area (Å²) in [6.45, 7) is 6.65. The summed E-state index contributed by atoms with van der Waals surface area (Å²) < 4.78 is 30.1. The molecule has 6 heteroatoms. The zero-order chi connectivity index (χ0) is 35.6. The van der Waals surface area contributed by atoms with Crippen LogP contribution in [0.15, 0.2) is 116 Å². The van der Waals surface area contributed by atoms with Crippen LogP contribution < -0.4 is 9.47 Å². The summed E-state index contributed by atoms with van der Waals surface area (Å²) in [4.78, 5) is 21.8. The first-order valence-electron chi connectivity index (χ1n) is 17.4. The molecule has 0 aliphatic carbocycles. The van der Waals surface area contributed by atoms with Gasteiger partial charge in [0, 0.05) is 17.2 Å². The Labute approximate surface area is 295 Å². The van der Waals surface area contributed by atoms with Gasteiger partial charge in [-0.1, -0.05) is 93.1 Å². The van der Waals surface area contributed by atoms with Gasteiger partial charge in [-0.15, -0.1) is 0 Å². The lowest BCUT2D eigenvalue weighted by molar-refractivity contribution is -0.137. The van der Waals surface area contributed by atoms with Crippen molar-refractivity contribution >= 4 is 23.0 Å². The molecule has 0 aliphatic rings. The summed E-state index contributed by atoms with van der Waals surface area (Å²) in [5.74, 6) is 1.14. The molecule has 0 saturated heterocycles. The lowest BCUT2D eigenvalue weighted by atomic mass is 10.0. The van der Waals surface area contributed by atoms with Crippen LogP contribution in [0.5, 0.6) is 11.5 Å². The number of benzene rings is 5. The van der Waals surface area contributed by atoms with Crippen LogP contribution in [0.1, 0.15) is 67.8 Å². The first-order valence-corrected chi connectivity index (χ1v) is 17.4. The third kappa shape index (κ3) is 11.7. The highest BCUT2D eigenvalue weighted by molar-refractivity contribution is 5.88. The quantitative estimate of drug-likeness (QED) is 0.0425. The molecule has 5 aromatic carbocycles. The molecule has 0 unspecified atom stereocenters. The summed E-state index contributed by atoms with van der Waals surface area (Å²) in [5, 5.41) is 2.28. The van der Waals surface area contributed by atoms with E-state index in [1.54, 1.807) is 13.2 Å². The highest BCUT2D eigenvalue weighted by Gasteiger charge is 2.07. The molecule has 0 amide bonds. The normalized spacial score (nSPS) is 10.5. The van der Waals surface area contributed by atoms with Gasteiger partial charge in [0.2, 0.25) is 0 Å². The largest absolute Gasteiger partial charge is 0.497 e. The Morgan fingerprint density at radius 1 is 0.700 bits per heavy atom. The first kappa shape index (κ1) is 37.6. The molecule has 0 fully saturated rings. The number of hydrogen-bond donors (Lipinski definition) is 0.